The van der Waals surface area contributed by atoms with E-state index >= 15 is 0 Å². The van der Waals surface area contributed by atoms with Crippen molar-refractivity contribution < 1.29 is 9.53 Å². The van der Waals surface area contributed by atoms with E-state index in [9.17, 15) is 4.79 Å². The van der Waals surface area contributed by atoms with E-state index in [1.165, 1.54) is 0 Å². The molecular weight excluding hydrogens is 216 g/mol. The van der Waals surface area contributed by atoms with Gasteiger partial charge in [-0.05, 0) is 33.7 Å². The Morgan fingerprint density at radius 2 is 1.82 bits per heavy atom. The SMILES string of the molecule is COCCCCC(=O)N1[C@H](C)CN(C)C[C@@H]1C. The maximum Gasteiger partial charge on any atom is 0.223 e. The second-order valence-corrected chi connectivity index (χ2v) is 5.17. The van der Waals surface area contributed by atoms with Gasteiger partial charge in [0, 0.05) is 45.3 Å². The van der Waals surface area contributed by atoms with Crippen LogP contribution in [-0.4, -0.2) is 61.6 Å². The maximum absolute atomic E-state index is 12.2. The van der Waals surface area contributed by atoms with Crippen LogP contribution in [-0.2, 0) is 9.53 Å². The van der Waals surface area contributed by atoms with Gasteiger partial charge in [0.25, 0.3) is 0 Å². The molecule has 0 spiro atoms. The van der Waals surface area contributed by atoms with Crippen LogP contribution in [0.3, 0.4) is 0 Å². The molecule has 0 N–H and O–H groups in total. The van der Waals surface area contributed by atoms with E-state index in [0.717, 1.165) is 32.5 Å². The van der Waals surface area contributed by atoms with E-state index in [-0.39, 0.29) is 0 Å². The van der Waals surface area contributed by atoms with Crippen molar-refractivity contribution in [3.8, 4) is 0 Å². The Balaban J connectivity index is 2.39. The summed E-state index contributed by atoms with van der Waals surface area (Å²) in [4.78, 5) is 16.5. The number of rotatable bonds is 5. The van der Waals surface area contributed by atoms with Gasteiger partial charge in [-0.15, -0.1) is 0 Å². The number of nitrogens with zero attached hydrogens (tertiary/aromatic N) is 2. The summed E-state index contributed by atoms with van der Waals surface area (Å²) >= 11 is 0. The third-order valence-electron chi connectivity index (χ3n) is 3.38. The topological polar surface area (TPSA) is 32.8 Å². The molecule has 0 saturated carbocycles. The number of piperazine rings is 1. The van der Waals surface area contributed by atoms with Gasteiger partial charge in [0.1, 0.15) is 0 Å². The first-order chi connectivity index (χ1) is 8.06. The van der Waals surface area contributed by atoms with Gasteiger partial charge < -0.3 is 14.5 Å². The molecular formula is C13H26N2O2. The number of hydrogen-bond acceptors (Lipinski definition) is 3. The molecule has 1 heterocycles. The van der Waals surface area contributed by atoms with Gasteiger partial charge in [-0.25, -0.2) is 0 Å². The first-order valence-electron chi connectivity index (χ1n) is 6.55. The summed E-state index contributed by atoms with van der Waals surface area (Å²) in [5, 5.41) is 0. The summed E-state index contributed by atoms with van der Waals surface area (Å²) in [7, 11) is 3.82. The van der Waals surface area contributed by atoms with Crippen LogP contribution in [0.15, 0.2) is 0 Å². The Hall–Kier alpha value is -0.610. The highest BCUT2D eigenvalue weighted by atomic mass is 16.5. The molecule has 4 nitrogen and oxygen atoms in total. The zero-order chi connectivity index (χ0) is 12.8. The molecule has 1 aliphatic heterocycles. The average Bonchev–Trinajstić information content (AvgIpc) is 2.23. The molecule has 0 bridgehead atoms. The van der Waals surface area contributed by atoms with Crippen molar-refractivity contribution in [3.05, 3.63) is 0 Å². The van der Waals surface area contributed by atoms with Crippen molar-refractivity contribution in [2.24, 2.45) is 0 Å². The third kappa shape index (κ3) is 4.28. The number of carbonyl (C=O) groups is 1. The minimum absolute atomic E-state index is 0.300. The minimum Gasteiger partial charge on any atom is -0.385 e. The smallest absolute Gasteiger partial charge is 0.223 e. The number of hydrogen-bond donors (Lipinski definition) is 0. The van der Waals surface area contributed by atoms with Crippen LogP contribution in [0.1, 0.15) is 33.1 Å². The second-order valence-electron chi connectivity index (χ2n) is 5.17. The highest BCUT2D eigenvalue weighted by Crippen LogP contribution is 2.16. The molecule has 0 aromatic heterocycles. The van der Waals surface area contributed by atoms with E-state index in [1.807, 2.05) is 0 Å². The fourth-order valence-corrected chi connectivity index (χ4v) is 2.73. The first kappa shape index (κ1) is 14.5. The number of likely N-dealkylation sites (N-methyl/N-ethyl adjacent to an activating group) is 1. The highest BCUT2D eigenvalue weighted by molar-refractivity contribution is 5.77. The normalized spacial score (nSPS) is 26.2. The predicted octanol–water partition coefficient (Wildman–Crippen LogP) is 1.35. The summed E-state index contributed by atoms with van der Waals surface area (Å²) < 4.78 is 4.99. The molecule has 1 rings (SSSR count). The monoisotopic (exact) mass is 242 g/mol. The lowest BCUT2D eigenvalue weighted by atomic mass is 10.1. The molecule has 0 aromatic carbocycles. The summed E-state index contributed by atoms with van der Waals surface area (Å²) in [5.41, 5.74) is 0. The van der Waals surface area contributed by atoms with Crippen LogP contribution in [0.25, 0.3) is 0 Å². The standard InChI is InChI=1S/C13H26N2O2/c1-11-9-14(3)10-12(2)15(11)13(16)7-5-6-8-17-4/h11-12H,5-10H2,1-4H3/t11-,12+. The quantitative estimate of drug-likeness (QED) is 0.682. The maximum atomic E-state index is 12.2. The van der Waals surface area contributed by atoms with E-state index in [2.05, 4.69) is 30.7 Å². The van der Waals surface area contributed by atoms with Crippen LogP contribution in [0.2, 0.25) is 0 Å². The highest BCUT2D eigenvalue weighted by Gasteiger charge is 2.30. The van der Waals surface area contributed by atoms with Crippen LogP contribution < -0.4 is 0 Å². The Labute approximate surface area is 105 Å². The number of carbonyl (C=O) groups excluding carboxylic acids is 1. The van der Waals surface area contributed by atoms with Crippen molar-refractivity contribution in [1.82, 2.24) is 9.80 Å². The zero-order valence-corrected chi connectivity index (χ0v) is 11.6. The summed E-state index contributed by atoms with van der Waals surface area (Å²) in [6.07, 6.45) is 2.55. The van der Waals surface area contributed by atoms with Gasteiger partial charge in [0.05, 0.1) is 0 Å². The molecule has 0 unspecified atom stereocenters. The largest absolute Gasteiger partial charge is 0.385 e. The second kappa shape index (κ2) is 6.97. The Morgan fingerprint density at radius 3 is 2.35 bits per heavy atom. The number of ether oxygens (including phenoxy) is 1. The molecule has 1 amide bonds. The lowest BCUT2D eigenvalue weighted by Crippen LogP contribution is -2.57. The lowest BCUT2D eigenvalue weighted by molar-refractivity contribution is -0.138. The average molecular weight is 242 g/mol. The first-order valence-corrected chi connectivity index (χ1v) is 6.55. The Kier molecular flexibility index (Phi) is 5.92. The van der Waals surface area contributed by atoms with E-state index in [0.29, 0.717) is 24.4 Å². The number of amides is 1. The summed E-state index contributed by atoms with van der Waals surface area (Å²) in [6.45, 7) is 6.99. The van der Waals surface area contributed by atoms with Gasteiger partial charge in [-0.3, -0.25) is 4.79 Å². The Bertz CT molecular complexity index is 234. The molecule has 100 valence electrons. The van der Waals surface area contributed by atoms with Gasteiger partial charge in [0.2, 0.25) is 5.91 Å². The third-order valence-corrected chi connectivity index (χ3v) is 3.38. The molecule has 0 aromatic rings. The predicted molar refractivity (Wildman–Crippen MR) is 69.0 cm³/mol. The van der Waals surface area contributed by atoms with Gasteiger partial charge >= 0.3 is 0 Å². The van der Waals surface area contributed by atoms with Crippen LogP contribution in [0.4, 0.5) is 0 Å². The molecule has 1 fully saturated rings. The van der Waals surface area contributed by atoms with Crippen LogP contribution in [0.5, 0.6) is 0 Å². The molecule has 0 radical (unpaired) electrons. The Morgan fingerprint density at radius 1 is 1.24 bits per heavy atom. The molecule has 4 heteroatoms. The van der Waals surface area contributed by atoms with Gasteiger partial charge in [-0.1, -0.05) is 0 Å². The summed E-state index contributed by atoms with van der Waals surface area (Å²) in [5.74, 6) is 0.300. The van der Waals surface area contributed by atoms with Crippen molar-refractivity contribution in [2.75, 3.05) is 33.9 Å². The van der Waals surface area contributed by atoms with Crippen molar-refractivity contribution in [2.45, 2.75) is 45.2 Å². The zero-order valence-electron chi connectivity index (χ0n) is 11.6. The molecule has 0 aliphatic carbocycles. The number of unbranched alkanes of at least 4 members (excludes halogenated alkanes) is 1. The van der Waals surface area contributed by atoms with Crippen molar-refractivity contribution >= 4 is 5.91 Å². The van der Waals surface area contributed by atoms with E-state index in [1.54, 1.807) is 7.11 Å². The van der Waals surface area contributed by atoms with Gasteiger partial charge in [0.15, 0.2) is 0 Å². The van der Waals surface area contributed by atoms with Crippen molar-refractivity contribution in [1.29, 1.82) is 0 Å². The van der Waals surface area contributed by atoms with Gasteiger partial charge in [-0.2, -0.15) is 0 Å². The molecule has 2 atom stereocenters. The lowest BCUT2D eigenvalue weighted by Gasteiger charge is -2.43. The summed E-state index contributed by atoms with van der Waals surface area (Å²) in [6, 6.07) is 0.664. The van der Waals surface area contributed by atoms with Crippen LogP contribution in [0, 0.1) is 0 Å². The fraction of sp³-hybridized carbons (Fsp3) is 0.923. The van der Waals surface area contributed by atoms with Crippen LogP contribution >= 0.6 is 0 Å². The minimum atomic E-state index is 0.300. The molecule has 1 saturated heterocycles. The van der Waals surface area contributed by atoms with Crippen molar-refractivity contribution in [3.63, 3.8) is 0 Å². The van der Waals surface area contributed by atoms with E-state index < -0.39 is 0 Å². The number of methoxy groups -OCH3 is 1. The molecule has 17 heavy (non-hydrogen) atoms. The molecule has 1 aliphatic rings. The van der Waals surface area contributed by atoms with E-state index in [4.69, 9.17) is 4.74 Å². The fourth-order valence-electron chi connectivity index (χ4n) is 2.73.